The number of nitrogens with one attached hydrogen (secondary N) is 3. The molecule has 4 aromatic rings. The third kappa shape index (κ3) is 5.29. The summed E-state index contributed by atoms with van der Waals surface area (Å²) in [7, 11) is 1.59. The number of halogens is 1. The van der Waals surface area contributed by atoms with Crippen molar-refractivity contribution in [2.45, 2.75) is 32.9 Å². The van der Waals surface area contributed by atoms with Crippen LogP contribution in [-0.2, 0) is 9.53 Å². The van der Waals surface area contributed by atoms with Gasteiger partial charge in [-0.3, -0.25) is 4.79 Å². The van der Waals surface area contributed by atoms with Crippen molar-refractivity contribution >= 4 is 28.8 Å². The number of benzene rings is 1. The molecule has 2 unspecified atom stereocenters. The van der Waals surface area contributed by atoms with E-state index in [2.05, 4.69) is 25.6 Å². The molecule has 1 amide bonds. The number of fused-ring (bicyclic) bond motifs is 1. The van der Waals surface area contributed by atoms with E-state index in [0.29, 0.717) is 46.9 Å². The predicted molar refractivity (Wildman–Crippen MR) is 135 cm³/mol. The minimum absolute atomic E-state index is 0.0567. The smallest absolute Gasteiger partial charge is 0.219 e. The Kier molecular flexibility index (Phi) is 7.47. The standard InChI is InChI=1S/C26H28FN5O4/c1-14-7-15(2)31-22(8-14)36-17-5-6-18(20(27)9-17)25(34)19-10-28-26-23(19)24(32-16(3)12-35-4)21(11-29-26)30-13-33/h5-11,13,16,25,34H,12H2,1-4H3,(H,30,33)(H2,28,29,32). The number of rotatable bonds is 10. The molecule has 3 aromatic heterocycles. The average molecular weight is 494 g/mol. The van der Waals surface area contributed by atoms with Crippen LogP contribution in [0.2, 0.25) is 0 Å². The third-order valence-corrected chi connectivity index (χ3v) is 5.61. The number of aliphatic hydroxyl groups is 1. The predicted octanol–water partition coefficient (Wildman–Crippen LogP) is 4.60. The van der Waals surface area contributed by atoms with Crippen molar-refractivity contribution in [2.75, 3.05) is 24.4 Å². The van der Waals surface area contributed by atoms with Crippen molar-refractivity contribution in [3.63, 3.8) is 0 Å². The normalized spacial score (nSPS) is 12.8. The van der Waals surface area contributed by atoms with Gasteiger partial charge in [0, 0.05) is 48.3 Å². The third-order valence-electron chi connectivity index (χ3n) is 5.61. The van der Waals surface area contributed by atoms with Gasteiger partial charge in [0.15, 0.2) is 0 Å². The van der Waals surface area contributed by atoms with Crippen molar-refractivity contribution < 1.29 is 23.8 Å². The van der Waals surface area contributed by atoms with Crippen LogP contribution in [0.25, 0.3) is 11.0 Å². The molecule has 4 N–H and O–H groups in total. The first-order valence-corrected chi connectivity index (χ1v) is 11.4. The second-order valence-electron chi connectivity index (χ2n) is 8.59. The Morgan fingerprint density at radius 2 is 2.03 bits per heavy atom. The first-order valence-electron chi connectivity index (χ1n) is 11.4. The molecule has 188 valence electrons. The van der Waals surface area contributed by atoms with Crippen LogP contribution in [0, 0.1) is 19.7 Å². The highest BCUT2D eigenvalue weighted by atomic mass is 19.1. The van der Waals surface area contributed by atoms with Gasteiger partial charge < -0.3 is 30.2 Å². The second-order valence-corrected chi connectivity index (χ2v) is 8.59. The van der Waals surface area contributed by atoms with Gasteiger partial charge in [-0.05, 0) is 44.5 Å². The van der Waals surface area contributed by atoms with E-state index in [1.54, 1.807) is 25.4 Å². The Morgan fingerprint density at radius 1 is 1.22 bits per heavy atom. The summed E-state index contributed by atoms with van der Waals surface area (Å²) >= 11 is 0. The Balaban J connectivity index is 1.70. The van der Waals surface area contributed by atoms with Gasteiger partial charge in [-0.1, -0.05) is 0 Å². The molecule has 0 bridgehead atoms. The van der Waals surface area contributed by atoms with Crippen molar-refractivity contribution in [2.24, 2.45) is 0 Å². The highest BCUT2D eigenvalue weighted by Gasteiger charge is 2.24. The molecular weight excluding hydrogens is 465 g/mol. The summed E-state index contributed by atoms with van der Waals surface area (Å²) < 4.78 is 26.1. The van der Waals surface area contributed by atoms with E-state index >= 15 is 4.39 Å². The molecule has 0 spiro atoms. The molecule has 0 fully saturated rings. The molecule has 1 aromatic carbocycles. The van der Waals surface area contributed by atoms with Crippen LogP contribution in [0.15, 0.2) is 42.7 Å². The number of methoxy groups -OCH3 is 1. The van der Waals surface area contributed by atoms with Crippen molar-refractivity contribution in [3.8, 4) is 11.6 Å². The number of nitrogens with zero attached hydrogens (tertiary/aromatic N) is 2. The molecule has 0 radical (unpaired) electrons. The zero-order chi connectivity index (χ0) is 25.8. The summed E-state index contributed by atoms with van der Waals surface area (Å²) in [4.78, 5) is 22.8. The number of carbonyl (C=O) groups excluding carboxylic acids is 1. The SMILES string of the molecule is COCC(C)Nc1c(NC=O)cnc2[nH]cc(C(O)c3ccc(Oc4cc(C)cc(C)n4)cc3F)c12. The zero-order valence-corrected chi connectivity index (χ0v) is 20.4. The van der Waals surface area contributed by atoms with Crippen molar-refractivity contribution in [1.29, 1.82) is 0 Å². The summed E-state index contributed by atoms with van der Waals surface area (Å²) in [5.41, 5.74) is 3.63. The summed E-state index contributed by atoms with van der Waals surface area (Å²) in [5.74, 6) is -0.0233. The lowest BCUT2D eigenvalue weighted by molar-refractivity contribution is -0.105. The fourth-order valence-electron chi connectivity index (χ4n) is 4.13. The minimum atomic E-state index is -1.32. The van der Waals surface area contributed by atoms with Gasteiger partial charge >= 0.3 is 0 Å². The number of anilines is 2. The maximum absolute atomic E-state index is 15.2. The number of amides is 1. The van der Waals surface area contributed by atoms with E-state index in [4.69, 9.17) is 9.47 Å². The van der Waals surface area contributed by atoms with Gasteiger partial charge in [-0.25, -0.2) is 14.4 Å². The molecule has 3 heterocycles. The number of H-pyrrole nitrogens is 1. The molecule has 0 aliphatic heterocycles. The summed E-state index contributed by atoms with van der Waals surface area (Å²) in [6.07, 6.45) is 2.29. The number of aromatic nitrogens is 3. The molecular formula is C26H28FN5O4. The maximum atomic E-state index is 15.2. The van der Waals surface area contributed by atoms with Gasteiger partial charge in [0.05, 0.1) is 29.6 Å². The van der Waals surface area contributed by atoms with Gasteiger partial charge in [0.25, 0.3) is 0 Å². The Hall–Kier alpha value is -4.02. The highest BCUT2D eigenvalue weighted by Crippen LogP contribution is 2.38. The Morgan fingerprint density at radius 3 is 2.72 bits per heavy atom. The zero-order valence-electron chi connectivity index (χ0n) is 20.4. The lowest BCUT2D eigenvalue weighted by Crippen LogP contribution is -2.22. The summed E-state index contributed by atoms with van der Waals surface area (Å²) in [6, 6.07) is 7.81. The first kappa shape index (κ1) is 25.1. The molecule has 2 atom stereocenters. The fourth-order valence-corrected chi connectivity index (χ4v) is 4.13. The Bertz CT molecular complexity index is 1370. The lowest BCUT2D eigenvalue weighted by atomic mass is 9.99. The van der Waals surface area contributed by atoms with Crippen molar-refractivity contribution in [3.05, 3.63) is 70.9 Å². The van der Waals surface area contributed by atoms with E-state index in [1.165, 1.54) is 18.3 Å². The molecule has 0 aliphatic rings. The van der Waals surface area contributed by atoms with Gasteiger partial charge in [0.1, 0.15) is 23.3 Å². The Labute approximate surface area is 207 Å². The van der Waals surface area contributed by atoms with E-state index in [0.717, 1.165) is 11.3 Å². The molecule has 10 heteroatoms. The summed E-state index contributed by atoms with van der Waals surface area (Å²) in [6.45, 7) is 6.09. The number of carbonyl (C=O) groups is 1. The lowest BCUT2D eigenvalue weighted by Gasteiger charge is -2.20. The second kappa shape index (κ2) is 10.7. The van der Waals surface area contributed by atoms with Crippen LogP contribution in [0.4, 0.5) is 15.8 Å². The monoisotopic (exact) mass is 493 g/mol. The van der Waals surface area contributed by atoms with Crippen LogP contribution in [0.3, 0.4) is 0 Å². The fraction of sp³-hybridized carbons (Fsp3) is 0.269. The largest absolute Gasteiger partial charge is 0.439 e. The number of hydrogen-bond donors (Lipinski definition) is 4. The van der Waals surface area contributed by atoms with Gasteiger partial charge in [-0.2, -0.15) is 0 Å². The molecule has 9 nitrogen and oxygen atoms in total. The van der Waals surface area contributed by atoms with Crippen molar-refractivity contribution in [1.82, 2.24) is 15.0 Å². The van der Waals surface area contributed by atoms with E-state index in [1.807, 2.05) is 26.8 Å². The van der Waals surface area contributed by atoms with Crippen LogP contribution in [-0.4, -0.2) is 46.2 Å². The number of aryl methyl sites for hydroxylation is 2. The number of ether oxygens (including phenoxy) is 2. The molecule has 4 rings (SSSR count). The van der Waals surface area contributed by atoms with E-state index in [-0.39, 0.29) is 17.4 Å². The first-order chi connectivity index (χ1) is 17.3. The van der Waals surface area contributed by atoms with E-state index in [9.17, 15) is 9.90 Å². The average Bonchev–Trinajstić information content (AvgIpc) is 3.24. The number of pyridine rings is 2. The van der Waals surface area contributed by atoms with E-state index < -0.39 is 11.9 Å². The molecule has 0 saturated heterocycles. The topological polar surface area (TPSA) is 121 Å². The number of aliphatic hydroxyl groups excluding tert-OH is 1. The van der Waals surface area contributed by atoms with Gasteiger partial charge in [-0.15, -0.1) is 0 Å². The maximum Gasteiger partial charge on any atom is 0.219 e. The number of hydrogen-bond acceptors (Lipinski definition) is 7. The quantitative estimate of drug-likeness (QED) is 0.238. The highest BCUT2D eigenvalue weighted by molar-refractivity contribution is 6.01. The molecule has 0 saturated carbocycles. The molecule has 36 heavy (non-hydrogen) atoms. The van der Waals surface area contributed by atoms with Crippen LogP contribution >= 0.6 is 0 Å². The van der Waals surface area contributed by atoms with Crippen LogP contribution < -0.4 is 15.4 Å². The molecule has 0 aliphatic carbocycles. The van der Waals surface area contributed by atoms with Crippen LogP contribution in [0.5, 0.6) is 11.6 Å². The summed E-state index contributed by atoms with van der Waals surface area (Å²) in [5, 5.41) is 17.7. The minimum Gasteiger partial charge on any atom is -0.439 e. The van der Waals surface area contributed by atoms with Gasteiger partial charge in [0.2, 0.25) is 12.3 Å². The number of aromatic amines is 1. The van der Waals surface area contributed by atoms with Crippen LogP contribution in [0.1, 0.15) is 35.4 Å².